The van der Waals surface area contributed by atoms with Gasteiger partial charge in [0.05, 0.1) is 11.6 Å². The van der Waals surface area contributed by atoms with Gasteiger partial charge in [-0.25, -0.2) is 0 Å². The lowest BCUT2D eigenvalue weighted by molar-refractivity contribution is -0.144. The van der Waals surface area contributed by atoms with E-state index in [-0.39, 0.29) is 0 Å². The van der Waals surface area contributed by atoms with Crippen LogP contribution in [-0.2, 0) is 11.3 Å². The van der Waals surface area contributed by atoms with Crippen LogP contribution in [0, 0.1) is 11.3 Å². The Labute approximate surface area is 106 Å². The van der Waals surface area contributed by atoms with Gasteiger partial charge in [0.15, 0.2) is 0 Å². The molecule has 1 aliphatic rings. The molecule has 0 radical (unpaired) electrons. The van der Waals surface area contributed by atoms with Gasteiger partial charge in [-0.2, -0.15) is 5.26 Å². The van der Waals surface area contributed by atoms with Crippen LogP contribution in [0.5, 0.6) is 0 Å². The molecule has 0 amide bonds. The Kier molecular flexibility index (Phi) is 3.63. The first-order valence-electron chi connectivity index (χ1n) is 6.14. The number of nitrogens with one attached hydrogen (secondary N) is 1. The number of carboxylic acids is 1. The summed E-state index contributed by atoms with van der Waals surface area (Å²) in [6.45, 7) is 0.488. The Balaban J connectivity index is 2.06. The minimum absolute atomic E-state index is 0.488. The van der Waals surface area contributed by atoms with Gasteiger partial charge in [-0.05, 0) is 30.5 Å². The van der Waals surface area contributed by atoms with E-state index in [1.807, 2.05) is 12.1 Å². The molecular formula is C14H16N2O2. The van der Waals surface area contributed by atoms with Crippen molar-refractivity contribution >= 4 is 5.97 Å². The second-order valence-corrected chi connectivity index (χ2v) is 4.76. The lowest BCUT2D eigenvalue weighted by Gasteiger charge is -2.25. The van der Waals surface area contributed by atoms with Crippen LogP contribution in [0.2, 0.25) is 0 Å². The van der Waals surface area contributed by atoms with Crippen LogP contribution in [0.3, 0.4) is 0 Å². The highest BCUT2D eigenvalue weighted by molar-refractivity contribution is 5.79. The summed E-state index contributed by atoms with van der Waals surface area (Å²) in [5.74, 6) is -0.767. The smallest absolute Gasteiger partial charge is 0.323 e. The molecule has 4 heteroatoms. The molecule has 0 heterocycles. The maximum absolute atomic E-state index is 11.4. The number of rotatable bonds is 4. The van der Waals surface area contributed by atoms with Crippen LogP contribution in [-0.4, -0.2) is 16.6 Å². The fourth-order valence-corrected chi connectivity index (χ4v) is 2.47. The van der Waals surface area contributed by atoms with Crippen molar-refractivity contribution in [3.8, 4) is 6.07 Å². The second-order valence-electron chi connectivity index (χ2n) is 4.76. The maximum atomic E-state index is 11.4. The summed E-state index contributed by atoms with van der Waals surface area (Å²) in [4.78, 5) is 11.4. The lowest BCUT2D eigenvalue weighted by atomic mass is 9.97. The molecule has 0 aromatic heterocycles. The first kappa shape index (κ1) is 12.6. The minimum atomic E-state index is -0.775. The van der Waals surface area contributed by atoms with Gasteiger partial charge in [0.1, 0.15) is 5.54 Å². The van der Waals surface area contributed by atoms with Gasteiger partial charge < -0.3 is 5.11 Å². The molecule has 1 saturated carbocycles. The second kappa shape index (κ2) is 5.19. The molecule has 0 unspecified atom stereocenters. The quantitative estimate of drug-likeness (QED) is 0.850. The van der Waals surface area contributed by atoms with E-state index in [1.165, 1.54) is 0 Å². The van der Waals surface area contributed by atoms with Crippen molar-refractivity contribution in [2.24, 2.45) is 0 Å². The van der Waals surface area contributed by atoms with Gasteiger partial charge in [0, 0.05) is 6.54 Å². The Morgan fingerprint density at radius 2 is 2.17 bits per heavy atom. The molecule has 0 spiro atoms. The van der Waals surface area contributed by atoms with Crippen LogP contribution >= 0.6 is 0 Å². The average Bonchev–Trinajstić information content (AvgIpc) is 2.87. The topological polar surface area (TPSA) is 73.1 Å². The zero-order valence-electron chi connectivity index (χ0n) is 10.1. The molecule has 2 N–H and O–H groups in total. The highest BCUT2D eigenvalue weighted by Crippen LogP contribution is 2.30. The van der Waals surface area contributed by atoms with Crippen LogP contribution in [0.25, 0.3) is 0 Å². The molecule has 0 saturated heterocycles. The highest BCUT2D eigenvalue weighted by atomic mass is 16.4. The van der Waals surface area contributed by atoms with Crippen molar-refractivity contribution in [1.29, 1.82) is 5.26 Å². The number of nitrogens with zero attached hydrogens (tertiary/aromatic N) is 1. The summed E-state index contributed by atoms with van der Waals surface area (Å²) in [6, 6.07) is 9.33. The molecule has 4 nitrogen and oxygen atoms in total. The van der Waals surface area contributed by atoms with Crippen molar-refractivity contribution in [2.45, 2.75) is 37.8 Å². The number of nitriles is 1. The Morgan fingerprint density at radius 1 is 1.44 bits per heavy atom. The minimum Gasteiger partial charge on any atom is -0.480 e. The van der Waals surface area contributed by atoms with E-state index >= 15 is 0 Å². The van der Waals surface area contributed by atoms with E-state index in [9.17, 15) is 9.90 Å². The summed E-state index contributed by atoms with van der Waals surface area (Å²) in [6.07, 6.45) is 3.27. The van der Waals surface area contributed by atoms with E-state index in [4.69, 9.17) is 5.26 Å². The van der Waals surface area contributed by atoms with E-state index in [0.29, 0.717) is 24.9 Å². The molecule has 1 aliphatic carbocycles. The fourth-order valence-electron chi connectivity index (χ4n) is 2.47. The number of hydrogen-bond donors (Lipinski definition) is 2. The third kappa shape index (κ3) is 2.52. The van der Waals surface area contributed by atoms with Crippen LogP contribution in [0.4, 0.5) is 0 Å². The summed E-state index contributed by atoms with van der Waals surface area (Å²) in [7, 11) is 0. The normalized spacial score (nSPS) is 17.3. The monoisotopic (exact) mass is 244 g/mol. The van der Waals surface area contributed by atoms with E-state index in [2.05, 4.69) is 11.4 Å². The largest absolute Gasteiger partial charge is 0.480 e. The lowest BCUT2D eigenvalue weighted by Crippen LogP contribution is -2.49. The van der Waals surface area contributed by atoms with Crippen LogP contribution < -0.4 is 5.32 Å². The molecule has 2 rings (SSSR count). The van der Waals surface area contributed by atoms with Gasteiger partial charge in [-0.3, -0.25) is 10.1 Å². The van der Waals surface area contributed by atoms with Crippen molar-refractivity contribution in [2.75, 3.05) is 0 Å². The Morgan fingerprint density at radius 3 is 2.78 bits per heavy atom. The number of aliphatic carboxylic acids is 1. The van der Waals surface area contributed by atoms with E-state index < -0.39 is 11.5 Å². The van der Waals surface area contributed by atoms with Gasteiger partial charge in [-0.15, -0.1) is 0 Å². The van der Waals surface area contributed by atoms with Crippen molar-refractivity contribution < 1.29 is 9.90 Å². The maximum Gasteiger partial charge on any atom is 0.323 e. The molecule has 94 valence electrons. The molecule has 0 bridgehead atoms. The summed E-state index contributed by atoms with van der Waals surface area (Å²) in [5.41, 5.74) is 0.773. The van der Waals surface area contributed by atoms with Crippen molar-refractivity contribution in [1.82, 2.24) is 5.32 Å². The number of benzene rings is 1. The third-order valence-corrected chi connectivity index (χ3v) is 3.55. The predicted octanol–water partition coefficient (Wildman–Crippen LogP) is 2.05. The Hall–Kier alpha value is -1.86. The summed E-state index contributed by atoms with van der Waals surface area (Å²) < 4.78 is 0. The molecular weight excluding hydrogens is 228 g/mol. The van der Waals surface area contributed by atoms with Gasteiger partial charge >= 0.3 is 5.97 Å². The average molecular weight is 244 g/mol. The first-order valence-corrected chi connectivity index (χ1v) is 6.14. The predicted molar refractivity (Wildman–Crippen MR) is 66.8 cm³/mol. The summed E-state index contributed by atoms with van der Waals surface area (Å²) in [5, 5.41) is 21.3. The zero-order valence-corrected chi connectivity index (χ0v) is 10.1. The third-order valence-electron chi connectivity index (χ3n) is 3.55. The van der Waals surface area contributed by atoms with Crippen LogP contribution in [0.1, 0.15) is 36.8 Å². The fraction of sp³-hybridized carbons (Fsp3) is 0.429. The van der Waals surface area contributed by atoms with E-state index in [1.54, 1.807) is 12.1 Å². The molecule has 18 heavy (non-hydrogen) atoms. The van der Waals surface area contributed by atoms with Crippen LogP contribution in [0.15, 0.2) is 24.3 Å². The van der Waals surface area contributed by atoms with Crippen molar-refractivity contribution in [3.05, 3.63) is 35.4 Å². The molecule has 0 atom stereocenters. The first-order chi connectivity index (χ1) is 8.66. The number of carbonyl (C=O) groups is 1. The SMILES string of the molecule is N#Cc1cccc(CNC2(C(=O)O)CCCC2)c1. The zero-order chi connectivity index (χ0) is 13.0. The number of hydrogen-bond acceptors (Lipinski definition) is 3. The molecule has 0 aliphatic heterocycles. The molecule has 1 aromatic carbocycles. The number of carboxylic acid groups (broad SMARTS) is 1. The standard InChI is InChI=1S/C14H16N2O2/c15-9-11-4-3-5-12(8-11)10-16-14(13(17)18)6-1-2-7-14/h3-5,8,16H,1-2,6-7,10H2,(H,17,18). The van der Waals surface area contributed by atoms with Gasteiger partial charge in [0.2, 0.25) is 0 Å². The Bertz CT molecular complexity index is 485. The van der Waals surface area contributed by atoms with E-state index in [0.717, 1.165) is 18.4 Å². The van der Waals surface area contributed by atoms with Crippen molar-refractivity contribution in [3.63, 3.8) is 0 Å². The summed E-state index contributed by atoms with van der Waals surface area (Å²) >= 11 is 0. The molecule has 1 fully saturated rings. The highest BCUT2D eigenvalue weighted by Gasteiger charge is 2.40. The van der Waals surface area contributed by atoms with Gasteiger partial charge in [0.25, 0.3) is 0 Å². The van der Waals surface area contributed by atoms with Gasteiger partial charge in [-0.1, -0.05) is 25.0 Å². The molecule has 1 aromatic rings.